The zero-order valence-electron chi connectivity index (χ0n) is 11.5. The van der Waals surface area contributed by atoms with Gasteiger partial charge in [0.1, 0.15) is 18.1 Å². The number of nitrogens with zero attached hydrogens (tertiary/aromatic N) is 2. The first-order valence-electron chi connectivity index (χ1n) is 6.34. The van der Waals surface area contributed by atoms with E-state index >= 15 is 0 Å². The fourth-order valence-corrected chi connectivity index (χ4v) is 1.84. The minimum Gasteiger partial charge on any atom is -0.497 e. The van der Waals surface area contributed by atoms with Gasteiger partial charge < -0.3 is 4.74 Å². The lowest BCUT2D eigenvalue weighted by molar-refractivity contribution is -0.682. The van der Waals surface area contributed by atoms with Gasteiger partial charge in [-0.15, -0.1) is 0 Å². The van der Waals surface area contributed by atoms with E-state index in [4.69, 9.17) is 4.74 Å². The monoisotopic (exact) mass is 259 g/mol. The predicted octanol–water partition coefficient (Wildman–Crippen LogP) is 2.25. The second kappa shape index (κ2) is 5.69. The maximum Gasteiger partial charge on any atom is 0.244 e. The van der Waals surface area contributed by atoms with Crippen molar-refractivity contribution in [3.63, 3.8) is 0 Å². The molecule has 0 fully saturated rings. The Labute approximate surface area is 113 Å². The van der Waals surface area contributed by atoms with Gasteiger partial charge in [-0.05, 0) is 38.1 Å². The van der Waals surface area contributed by atoms with Crippen LogP contribution in [-0.4, -0.2) is 17.5 Å². The predicted molar refractivity (Wildman–Crippen MR) is 72.3 cm³/mol. The third kappa shape index (κ3) is 3.22. The van der Waals surface area contributed by atoms with Gasteiger partial charge in [-0.1, -0.05) is 0 Å². The number of ketones is 1. The van der Waals surface area contributed by atoms with Crippen LogP contribution in [0.1, 0.15) is 30.2 Å². The molecule has 2 aromatic rings. The van der Waals surface area contributed by atoms with Crippen LogP contribution >= 0.6 is 0 Å². The van der Waals surface area contributed by atoms with Crippen LogP contribution in [0.25, 0.3) is 0 Å². The van der Waals surface area contributed by atoms with Crippen molar-refractivity contribution in [2.45, 2.75) is 26.4 Å². The minimum atomic E-state index is 0.0918. The summed E-state index contributed by atoms with van der Waals surface area (Å²) >= 11 is 0. The zero-order valence-corrected chi connectivity index (χ0v) is 11.5. The zero-order chi connectivity index (χ0) is 13.8. The van der Waals surface area contributed by atoms with Crippen molar-refractivity contribution < 1.29 is 14.1 Å². The summed E-state index contributed by atoms with van der Waals surface area (Å²) in [5.41, 5.74) is 0.700. The van der Waals surface area contributed by atoms with Crippen LogP contribution in [0.3, 0.4) is 0 Å². The standard InChI is InChI=1S/C15H19N2O2/c1-12(2)17-9-8-16(11-17)10-15(18)13-4-6-14(19-3)7-5-13/h4-9,11-12H,10H2,1-3H3/q+1. The molecule has 100 valence electrons. The molecule has 0 saturated carbocycles. The number of methoxy groups -OCH3 is 1. The molecule has 1 aromatic carbocycles. The van der Waals surface area contributed by atoms with E-state index in [9.17, 15) is 4.79 Å². The first-order chi connectivity index (χ1) is 9.10. The van der Waals surface area contributed by atoms with E-state index in [0.717, 1.165) is 5.75 Å². The fourth-order valence-electron chi connectivity index (χ4n) is 1.84. The molecule has 2 rings (SSSR count). The largest absolute Gasteiger partial charge is 0.497 e. The van der Waals surface area contributed by atoms with Gasteiger partial charge in [0.25, 0.3) is 0 Å². The lowest BCUT2D eigenvalue weighted by Crippen LogP contribution is -2.35. The van der Waals surface area contributed by atoms with E-state index in [1.165, 1.54) is 0 Å². The van der Waals surface area contributed by atoms with E-state index in [2.05, 4.69) is 18.4 Å². The molecule has 4 nitrogen and oxygen atoms in total. The molecular weight excluding hydrogens is 240 g/mol. The molecule has 0 saturated heterocycles. The van der Waals surface area contributed by atoms with Crippen molar-refractivity contribution in [2.24, 2.45) is 0 Å². The molecule has 0 spiro atoms. The second-order valence-electron chi connectivity index (χ2n) is 4.78. The van der Waals surface area contributed by atoms with E-state index in [1.807, 2.05) is 23.3 Å². The van der Waals surface area contributed by atoms with Gasteiger partial charge in [-0.25, -0.2) is 9.13 Å². The first kappa shape index (κ1) is 13.3. The lowest BCUT2D eigenvalue weighted by Gasteiger charge is -2.01. The fraction of sp³-hybridized carbons (Fsp3) is 0.333. The Morgan fingerprint density at radius 3 is 2.53 bits per heavy atom. The molecule has 0 N–H and O–H groups in total. The van der Waals surface area contributed by atoms with Crippen LogP contribution in [0.5, 0.6) is 5.75 Å². The van der Waals surface area contributed by atoms with Crippen molar-refractivity contribution in [1.82, 2.24) is 4.57 Å². The molecule has 0 aliphatic carbocycles. The van der Waals surface area contributed by atoms with Gasteiger partial charge in [-0.3, -0.25) is 4.79 Å². The lowest BCUT2D eigenvalue weighted by atomic mass is 10.1. The van der Waals surface area contributed by atoms with E-state index in [1.54, 1.807) is 31.4 Å². The van der Waals surface area contributed by atoms with E-state index in [0.29, 0.717) is 18.2 Å². The molecule has 1 aromatic heterocycles. The number of rotatable bonds is 5. The van der Waals surface area contributed by atoms with Crippen molar-refractivity contribution in [3.05, 3.63) is 48.5 Å². The van der Waals surface area contributed by atoms with Crippen LogP contribution in [-0.2, 0) is 6.54 Å². The molecule has 0 aliphatic heterocycles. The van der Waals surface area contributed by atoms with Crippen LogP contribution in [0.2, 0.25) is 0 Å². The maximum absolute atomic E-state index is 12.1. The van der Waals surface area contributed by atoms with Crippen molar-refractivity contribution >= 4 is 5.78 Å². The normalized spacial score (nSPS) is 10.7. The molecule has 0 amide bonds. The summed E-state index contributed by atoms with van der Waals surface area (Å²) in [5.74, 6) is 0.851. The van der Waals surface area contributed by atoms with Gasteiger partial charge in [0.2, 0.25) is 12.1 Å². The number of imidazole rings is 1. The summed E-state index contributed by atoms with van der Waals surface area (Å²) in [6.45, 7) is 4.57. The number of carbonyl (C=O) groups is 1. The number of hydrogen-bond acceptors (Lipinski definition) is 2. The Balaban J connectivity index is 2.06. The summed E-state index contributed by atoms with van der Waals surface area (Å²) in [6.07, 6.45) is 5.85. The van der Waals surface area contributed by atoms with Gasteiger partial charge in [0.15, 0.2) is 6.54 Å². The molecular formula is C15H19N2O2+. The van der Waals surface area contributed by atoms with Crippen LogP contribution in [0.4, 0.5) is 0 Å². The molecule has 0 radical (unpaired) electrons. The van der Waals surface area contributed by atoms with Crippen molar-refractivity contribution in [3.8, 4) is 5.75 Å². The Morgan fingerprint density at radius 1 is 1.32 bits per heavy atom. The average molecular weight is 259 g/mol. The van der Waals surface area contributed by atoms with E-state index < -0.39 is 0 Å². The number of aromatic nitrogens is 2. The molecule has 0 atom stereocenters. The number of benzene rings is 1. The highest BCUT2D eigenvalue weighted by Crippen LogP contribution is 2.11. The number of ether oxygens (including phenoxy) is 1. The summed E-state index contributed by atoms with van der Waals surface area (Å²) in [6, 6.07) is 7.59. The minimum absolute atomic E-state index is 0.0918. The SMILES string of the molecule is COc1ccc(C(=O)C[n+]2ccn(C(C)C)c2)cc1. The van der Waals surface area contributed by atoms with Gasteiger partial charge in [0.05, 0.1) is 13.2 Å². The summed E-state index contributed by atoms with van der Waals surface area (Å²) in [5, 5.41) is 0. The highest BCUT2D eigenvalue weighted by Gasteiger charge is 2.12. The van der Waals surface area contributed by atoms with Crippen LogP contribution in [0, 0.1) is 0 Å². The smallest absolute Gasteiger partial charge is 0.244 e. The summed E-state index contributed by atoms with van der Waals surface area (Å²) < 4.78 is 9.04. The third-order valence-electron chi connectivity index (χ3n) is 3.05. The van der Waals surface area contributed by atoms with Gasteiger partial charge >= 0.3 is 0 Å². The van der Waals surface area contributed by atoms with Crippen LogP contribution < -0.4 is 9.30 Å². The molecule has 0 aliphatic rings. The average Bonchev–Trinajstić information content (AvgIpc) is 2.87. The topological polar surface area (TPSA) is 35.1 Å². The van der Waals surface area contributed by atoms with Gasteiger partial charge in [-0.2, -0.15) is 0 Å². The Bertz CT molecular complexity index is 556. The highest BCUT2D eigenvalue weighted by atomic mass is 16.5. The molecule has 4 heteroatoms. The quantitative estimate of drug-likeness (QED) is 0.610. The molecule has 19 heavy (non-hydrogen) atoms. The number of Topliss-reactive ketones (excluding diaryl/α,β-unsaturated/α-hetero) is 1. The van der Waals surface area contributed by atoms with Crippen molar-refractivity contribution in [2.75, 3.05) is 7.11 Å². The Hall–Kier alpha value is -2.10. The number of carbonyl (C=O) groups excluding carboxylic acids is 1. The molecule has 0 bridgehead atoms. The second-order valence-corrected chi connectivity index (χ2v) is 4.78. The van der Waals surface area contributed by atoms with E-state index in [-0.39, 0.29) is 5.78 Å². The van der Waals surface area contributed by atoms with Gasteiger partial charge in [0, 0.05) is 5.56 Å². The molecule has 1 heterocycles. The number of hydrogen-bond donors (Lipinski definition) is 0. The Kier molecular flexibility index (Phi) is 4.00. The van der Waals surface area contributed by atoms with Crippen molar-refractivity contribution in [1.29, 1.82) is 0 Å². The van der Waals surface area contributed by atoms with Crippen LogP contribution in [0.15, 0.2) is 43.0 Å². The molecule has 0 unspecified atom stereocenters. The summed E-state index contributed by atoms with van der Waals surface area (Å²) in [4.78, 5) is 12.1. The highest BCUT2D eigenvalue weighted by molar-refractivity contribution is 5.95. The maximum atomic E-state index is 12.1. The third-order valence-corrected chi connectivity index (χ3v) is 3.05. The Morgan fingerprint density at radius 2 is 2.00 bits per heavy atom. The first-order valence-corrected chi connectivity index (χ1v) is 6.34. The summed E-state index contributed by atoms with van der Waals surface area (Å²) in [7, 11) is 1.61.